The topological polar surface area (TPSA) is 71.1 Å². The van der Waals surface area contributed by atoms with Gasteiger partial charge >= 0.3 is 11.9 Å². The van der Waals surface area contributed by atoms with Crippen LogP contribution in [0.2, 0.25) is 0 Å². The van der Waals surface area contributed by atoms with Gasteiger partial charge in [-0.2, -0.15) is 0 Å². The Morgan fingerprint density at radius 2 is 1.59 bits per heavy atom. The summed E-state index contributed by atoms with van der Waals surface area (Å²) in [5, 5.41) is 0. The van der Waals surface area contributed by atoms with Crippen LogP contribution in [-0.2, 0) is 29.9 Å². The van der Waals surface area contributed by atoms with Crippen LogP contribution in [0.25, 0.3) is 0 Å². The van der Waals surface area contributed by atoms with Gasteiger partial charge in [-0.25, -0.2) is 0 Å². The highest BCUT2D eigenvalue weighted by Gasteiger charge is 2.39. The van der Waals surface area contributed by atoms with Crippen LogP contribution in [0.5, 0.6) is 11.5 Å². The molecule has 1 unspecified atom stereocenters. The molecule has 202 valence electrons. The fourth-order valence-electron chi connectivity index (χ4n) is 4.41. The smallest absolute Gasteiger partial charge is 0.323 e. The third-order valence-electron chi connectivity index (χ3n) is 6.60. The van der Waals surface area contributed by atoms with Crippen molar-refractivity contribution in [3.05, 3.63) is 58.7 Å². The van der Waals surface area contributed by atoms with Crippen molar-refractivity contribution in [2.24, 2.45) is 0 Å². The van der Waals surface area contributed by atoms with Gasteiger partial charge in [0.2, 0.25) is 0 Å². The van der Waals surface area contributed by atoms with E-state index in [1.807, 2.05) is 24.3 Å². The lowest BCUT2D eigenvalue weighted by atomic mass is 9.77. The first-order valence-corrected chi connectivity index (χ1v) is 13.2. The van der Waals surface area contributed by atoms with Crippen molar-refractivity contribution in [3.63, 3.8) is 0 Å². The average molecular weight is 511 g/mol. The van der Waals surface area contributed by atoms with Gasteiger partial charge in [-0.15, -0.1) is 0 Å². The molecule has 37 heavy (non-hydrogen) atoms. The lowest BCUT2D eigenvalue weighted by molar-refractivity contribution is -0.144. The molecule has 3 rings (SSSR count). The number of methoxy groups -OCH3 is 1. The first-order valence-electron chi connectivity index (χ1n) is 13.2. The van der Waals surface area contributed by atoms with Crippen molar-refractivity contribution in [3.8, 4) is 11.5 Å². The van der Waals surface area contributed by atoms with E-state index in [1.54, 1.807) is 7.11 Å². The molecule has 0 saturated carbocycles. The van der Waals surface area contributed by atoms with Gasteiger partial charge in [0.1, 0.15) is 30.6 Å². The number of carbonyl (C=O) groups is 2. The van der Waals surface area contributed by atoms with Crippen molar-refractivity contribution in [1.29, 1.82) is 0 Å². The number of esters is 2. The number of ether oxygens (including phenoxy) is 4. The highest BCUT2D eigenvalue weighted by atomic mass is 16.6. The normalized spacial score (nSPS) is 15.3. The van der Waals surface area contributed by atoms with Gasteiger partial charge in [-0.05, 0) is 46.9 Å². The van der Waals surface area contributed by atoms with Crippen LogP contribution in [-0.4, -0.2) is 38.9 Å². The molecule has 1 aliphatic heterocycles. The maximum atomic E-state index is 13.1. The average Bonchev–Trinajstić information content (AvgIpc) is 3.16. The van der Waals surface area contributed by atoms with Crippen molar-refractivity contribution >= 4 is 11.9 Å². The minimum Gasteiger partial charge on any atom is -0.490 e. The van der Waals surface area contributed by atoms with E-state index in [4.69, 9.17) is 18.9 Å². The van der Waals surface area contributed by atoms with E-state index in [1.165, 1.54) is 5.56 Å². The number of fused-ring (bicyclic) bond motifs is 1. The van der Waals surface area contributed by atoms with E-state index >= 15 is 0 Å². The zero-order valence-corrected chi connectivity index (χ0v) is 23.4. The summed E-state index contributed by atoms with van der Waals surface area (Å²) in [5.74, 6) is 0.409. The molecule has 0 radical (unpaired) electrons. The van der Waals surface area contributed by atoms with E-state index in [2.05, 4.69) is 53.7 Å². The molecule has 1 aliphatic rings. The largest absolute Gasteiger partial charge is 0.490 e. The summed E-state index contributed by atoms with van der Waals surface area (Å²) in [6, 6.07) is 11.8. The number of rotatable bonds is 11. The first kappa shape index (κ1) is 28.7. The van der Waals surface area contributed by atoms with Gasteiger partial charge in [0.25, 0.3) is 0 Å². The molecular formula is C31H42O6. The minimum atomic E-state index is -0.475. The van der Waals surface area contributed by atoms with Crippen LogP contribution < -0.4 is 9.47 Å². The zero-order valence-electron chi connectivity index (χ0n) is 23.4. The maximum absolute atomic E-state index is 13.1. The standard InChI is InChI=1S/C31H42O6/c1-30(2,3)22-19-24-27(29(33)37-28(24)25(20-22)31(4,5)6)21-12-14-23(15-13-21)35-17-18-36-26(32)11-9-8-10-16-34-7/h12-15,19-20,27H,8-11,16-18H2,1-7H3. The van der Waals surface area contributed by atoms with Crippen LogP contribution >= 0.6 is 0 Å². The lowest BCUT2D eigenvalue weighted by Gasteiger charge is -2.27. The molecule has 0 aromatic heterocycles. The summed E-state index contributed by atoms with van der Waals surface area (Å²) in [6.07, 6.45) is 3.10. The van der Waals surface area contributed by atoms with Gasteiger partial charge in [-0.1, -0.05) is 72.2 Å². The highest BCUT2D eigenvalue weighted by molar-refractivity contribution is 5.90. The molecule has 6 heteroatoms. The van der Waals surface area contributed by atoms with Crippen LogP contribution in [0.4, 0.5) is 0 Å². The van der Waals surface area contributed by atoms with E-state index in [9.17, 15) is 9.59 Å². The Labute approximate surface area is 221 Å². The highest BCUT2D eigenvalue weighted by Crippen LogP contribution is 2.47. The summed E-state index contributed by atoms with van der Waals surface area (Å²) in [5.41, 5.74) is 3.80. The second-order valence-electron chi connectivity index (χ2n) is 11.7. The van der Waals surface area contributed by atoms with Gasteiger partial charge in [-0.3, -0.25) is 9.59 Å². The predicted molar refractivity (Wildman–Crippen MR) is 145 cm³/mol. The Kier molecular flexibility index (Phi) is 9.41. The second kappa shape index (κ2) is 12.1. The molecule has 1 heterocycles. The summed E-state index contributed by atoms with van der Waals surface area (Å²) in [4.78, 5) is 24.9. The minimum absolute atomic E-state index is 0.0591. The van der Waals surface area contributed by atoms with E-state index in [-0.39, 0.29) is 36.0 Å². The van der Waals surface area contributed by atoms with Crippen molar-refractivity contribution in [2.75, 3.05) is 26.9 Å². The van der Waals surface area contributed by atoms with Gasteiger partial charge in [0.05, 0.1) is 0 Å². The third kappa shape index (κ3) is 7.57. The molecule has 0 spiro atoms. The molecule has 2 aromatic carbocycles. The lowest BCUT2D eigenvalue weighted by Crippen LogP contribution is -2.17. The van der Waals surface area contributed by atoms with E-state index in [0.717, 1.165) is 36.0 Å². The number of carbonyl (C=O) groups excluding carboxylic acids is 2. The molecule has 2 aromatic rings. The Hall–Kier alpha value is -2.86. The van der Waals surface area contributed by atoms with E-state index < -0.39 is 5.92 Å². The fraction of sp³-hybridized carbons (Fsp3) is 0.548. The molecule has 6 nitrogen and oxygen atoms in total. The van der Waals surface area contributed by atoms with Crippen LogP contribution in [0.1, 0.15) is 95.4 Å². The summed E-state index contributed by atoms with van der Waals surface area (Å²) < 4.78 is 21.9. The molecule has 0 fully saturated rings. The summed E-state index contributed by atoms with van der Waals surface area (Å²) in [6.45, 7) is 14.2. The van der Waals surface area contributed by atoms with Crippen molar-refractivity contribution in [1.82, 2.24) is 0 Å². The van der Waals surface area contributed by atoms with Crippen LogP contribution in [0.3, 0.4) is 0 Å². The molecule has 0 aliphatic carbocycles. The van der Waals surface area contributed by atoms with Crippen molar-refractivity contribution < 1.29 is 28.5 Å². The molecule has 1 atom stereocenters. The predicted octanol–water partition coefficient (Wildman–Crippen LogP) is 6.46. The fourth-order valence-corrected chi connectivity index (χ4v) is 4.41. The van der Waals surface area contributed by atoms with Gasteiger partial charge < -0.3 is 18.9 Å². The monoisotopic (exact) mass is 510 g/mol. The first-order chi connectivity index (χ1) is 17.4. The second-order valence-corrected chi connectivity index (χ2v) is 11.7. The molecular weight excluding hydrogens is 468 g/mol. The van der Waals surface area contributed by atoms with Crippen LogP contribution in [0, 0.1) is 0 Å². The number of benzene rings is 2. The zero-order chi connectivity index (χ0) is 27.2. The summed E-state index contributed by atoms with van der Waals surface area (Å²) in [7, 11) is 1.68. The Bertz CT molecular complexity index is 1070. The Morgan fingerprint density at radius 1 is 0.892 bits per heavy atom. The number of hydrogen-bond acceptors (Lipinski definition) is 6. The van der Waals surface area contributed by atoms with Crippen molar-refractivity contribution in [2.45, 2.75) is 84.0 Å². The quantitative estimate of drug-likeness (QED) is 0.196. The summed E-state index contributed by atoms with van der Waals surface area (Å²) >= 11 is 0. The molecule has 0 N–H and O–H groups in total. The number of unbranched alkanes of at least 4 members (excludes halogenated alkanes) is 2. The molecule has 0 amide bonds. The third-order valence-corrected chi connectivity index (χ3v) is 6.60. The van der Waals surface area contributed by atoms with Crippen LogP contribution in [0.15, 0.2) is 36.4 Å². The van der Waals surface area contributed by atoms with Gasteiger partial charge in [0.15, 0.2) is 0 Å². The van der Waals surface area contributed by atoms with Gasteiger partial charge in [0, 0.05) is 31.3 Å². The van der Waals surface area contributed by atoms with E-state index in [0.29, 0.717) is 24.5 Å². The molecule has 0 bridgehead atoms. The molecule has 0 saturated heterocycles. The maximum Gasteiger partial charge on any atom is 0.323 e. The SMILES string of the molecule is COCCCCCC(=O)OCCOc1ccc(C2C(=O)Oc3c2cc(C(C)(C)C)cc3C(C)(C)C)cc1. The Morgan fingerprint density at radius 3 is 2.22 bits per heavy atom. The Balaban J connectivity index is 1.64. The number of hydrogen-bond donors (Lipinski definition) is 0.